The standard InChI is InChI=1S/C16H21N3O5/c1-9-6-13(10(17)7-11(9)18-5)23-8-12(14(20)21)19-15(22)24-16(2,3)4/h6-7,12H,8,17H2,1-4H3,(H,19,22)(H,20,21)/t12-/m0/s1. The molecule has 1 aromatic carbocycles. The maximum atomic E-state index is 11.7. The summed E-state index contributed by atoms with van der Waals surface area (Å²) in [7, 11) is 0. The summed E-state index contributed by atoms with van der Waals surface area (Å²) in [5.74, 6) is -1.02. The summed E-state index contributed by atoms with van der Waals surface area (Å²) < 4.78 is 10.4. The number of rotatable bonds is 5. The van der Waals surface area contributed by atoms with E-state index in [1.807, 2.05) is 0 Å². The lowest BCUT2D eigenvalue weighted by molar-refractivity contribution is -0.140. The Balaban J connectivity index is 2.78. The van der Waals surface area contributed by atoms with Crippen molar-refractivity contribution in [2.75, 3.05) is 12.3 Å². The molecule has 1 rings (SSSR count). The summed E-state index contributed by atoms with van der Waals surface area (Å²) in [6.45, 7) is 13.4. The molecule has 0 heterocycles. The molecule has 1 amide bonds. The molecule has 24 heavy (non-hydrogen) atoms. The Bertz CT molecular complexity index is 674. The Kier molecular flexibility index (Phi) is 6.01. The van der Waals surface area contributed by atoms with Gasteiger partial charge >= 0.3 is 12.1 Å². The number of amides is 1. The third-order valence-corrected chi connectivity index (χ3v) is 2.84. The lowest BCUT2D eigenvalue weighted by Crippen LogP contribution is -2.46. The Morgan fingerprint density at radius 1 is 1.42 bits per heavy atom. The number of nitrogens with zero attached hydrogens (tertiary/aromatic N) is 1. The topological polar surface area (TPSA) is 115 Å². The zero-order chi connectivity index (χ0) is 18.5. The summed E-state index contributed by atoms with van der Waals surface area (Å²) >= 11 is 0. The van der Waals surface area contributed by atoms with Crippen molar-refractivity contribution in [1.29, 1.82) is 0 Å². The first-order valence-electron chi connectivity index (χ1n) is 7.16. The number of carbonyl (C=O) groups is 2. The van der Waals surface area contributed by atoms with Crippen LogP contribution >= 0.6 is 0 Å². The van der Waals surface area contributed by atoms with Crippen molar-refractivity contribution in [3.8, 4) is 5.75 Å². The van der Waals surface area contributed by atoms with Crippen molar-refractivity contribution in [3.63, 3.8) is 0 Å². The maximum Gasteiger partial charge on any atom is 0.408 e. The summed E-state index contributed by atoms with van der Waals surface area (Å²) in [6.07, 6.45) is -0.856. The number of nitrogen functional groups attached to an aromatic ring is 1. The van der Waals surface area contributed by atoms with Crippen molar-refractivity contribution in [1.82, 2.24) is 5.32 Å². The minimum atomic E-state index is -1.31. The van der Waals surface area contributed by atoms with Gasteiger partial charge < -0.3 is 25.6 Å². The highest BCUT2D eigenvalue weighted by Gasteiger charge is 2.25. The van der Waals surface area contributed by atoms with Gasteiger partial charge in [0.15, 0.2) is 11.7 Å². The van der Waals surface area contributed by atoms with Crippen LogP contribution in [0.1, 0.15) is 26.3 Å². The van der Waals surface area contributed by atoms with Crippen LogP contribution in [0.25, 0.3) is 4.85 Å². The number of aliphatic carboxylic acids is 1. The van der Waals surface area contributed by atoms with E-state index in [4.69, 9.17) is 21.8 Å². The Morgan fingerprint density at radius 3 is 2.54 bits per heavy atom. The molecule has 0 aliphatic heterocycles. The molecule has 130 valence electrons. The summed E-state index contributed by atoms with van der Waals surface area (Å²) in [5.41, 5.74) is 6.30. The predicted molar refractivity (Wildman–Crippen MR) is 88.1 cm³/mol. The van der Waals surface area contributed by atoms with Gasteiger partial charge in [0.25, 0.3) is 0 Å². The molecule has 0 bridgehead atoms. The van der Waals surface area contributed by atoms with Crippen molar-refractivity contribution >= 4 is 23.4 Å². The number of aryl methyl sites for hydroxylation is 1. The summed E-state index contributed by atoms with van der Waals surface area (Å²) in [5, 5.41) is 11.4. The van der Waals surface area contributed by atoms with E-state index in [0.717, 1.165) is 0 Å². The molecular formula is C16H21N3O5. The SMILES string of the molecule is [C-]#[N+]c1cc(N)c(OC[C@H](NC(=O)OC(C)(C)C)C(=O)O)cc1C. The number of benzene rings is 1. The Morgan fingerprint density at radius 2 is 2.04 bits per heavy atom. The van der Waals surface area contributed by atoms with Crippen LogP contribution in [0.15, 0.2) is 12.1 Å². The number of carboxylic acids is 1. The molecule has 0 aliphatic rings. The normalized spacial score (nSPS) is 12.0. The van der Waals surface area contributed by atoms with E-state index in [-0.39, 0.29) is 18.0 Å². The molecule has 0 saturated heterocycles. The minimum Gasteiger partial charge on any atom is -0.489 e. The summed E-state index contributed by atoms with van der Waals surface area (Å²) in [6, 6.07) is 1.70. The van der Waals surface area contributed by atoms with E-state index in [2.05, 4.69) is 10.2 Å². The average Bonchev–Trinajstić information content (AvgIpc) is 2.43. The lowest BCUT2D eigenvalue weighted by Gasteiger charge is -2.22. The largest absolute Gasteiger partial charge is 0.489 e. The summed E-state index contributed by atoms with van der Waals surface area (Å²) in [4.78, 5) is 26.2. The molecule has 4 N–H and O–H groups in total. The zero-order valence-corrected chi connectivity index (χ0v) is 14.0. The molecule has 1 atom stereocenters. The van der Waals surface area contributed by atoms with Crippen molar-refractivity contribution in [2.45, 2.75) is 39.3 Å². The molecule has 0 unspecified atom stereocenters. The molecule has 0 fully saturated rings. The third kappa shape index (κ3) is 5.68. The van der Waals surface area contributed by atoms with Crippen LogP contribution in [0.3, 0.4) is 0 Å². The number of alkyl carbamates (subject to hydrolysis) is 1. The first kappa shape index (κ1) is 19.1. The predicted octanol–water partition coefficient (Wildman–Crippen LogP) is 2.48. The monoisotopic (exact) mass is 335 g/mol. The number of hydrogen-bond donors (Lipinski definition) is 3. The number of nitrogens with one attached hydrogen (secondary N) is 1. The number of ether oxygens (including phenoxy) is 2. The molecule has 0 radical (unpaired) electrons. The van der Waals surface area contributed by atoms with Crippen LogP contribution in [0.2, 0.25) is 0 Å². The number of carbonyl (C=O) groups excluding carboxylic acids is 1. The van der Waals surface area contributed by atoms with Gasteiger partial charge in [0.2, 0.25) is 0 Å². The van der Waals surface area contributed by atoms with Crippen LogP contribution in [-0.4, -0.2) is 35.4 Å². The van der Waals surface area contributed by atoms with Crippen LogP contribution in [0.5, 0.6) is 5.75 Å². The van der Waals surface area contributed by atoms with Crippen molar-refractivity contribution in [3.05, 3.63) is 29.1 Å². The highest BCUT2D eigenvalue weighted by Crippen LogP contribution is 2.30. The van der Waals surface area contributed by atoms with Crippen LogP contribution < -0.4 is 15.8 Å². The van der Waals surface area contributed by atoms with Crippen LogP contribution in [0, 0.1) is 13.5 Å². The molecular weight excluding hydrogens is 314 g/mol. The van der Waals surface area contributed by atoms with Gasteiger partial charge in [0, 0.05) is 0 Å². The van der Waals surface area contributed by atoms with Gasteiger partial charge in [-0.2, -0.15) is 0 Å². The van der Waals surface area contributed by atoms with Crippen LogP contribution in [0.4, 0.5) is 16.2 Å². The van der Waals surface area contributed by atoms with Gasteiger partial charge in [-0.05, 0) is 45.4 Å². The van der Waals surface area contributed by atoms with Gasteiger partial charge in [-0.15, -0.1) is 0 Å². The van der Waals surface area contributed by atoms with Gasteiger partial charge in [-0.3, -0.25) is 0 Å². The minimum absolute atomic E-state index is 0.216. The fraction of sp³-hybridized carbons (Fsp3) is 0.438. The first-order chi connectivity index (χ1) is 11.0. The molecule has 8 heteroatoms. The number of hydrogen-bond acceptors (Lipinski definition) is 5. The second-order valence-corrected chi connectivity index (χ2v) is 6.14. The molecule has 0 aromatic heterocycles. The molecule has 1 aromatic rings. The third-order valence-electron chi connectivity index (χ3n) is 2.84. The second-order valence-electron chi connectivity index (χ2n) is 6.14. The van der Waals surface area contributed by atoms with Gasteiger partial charge in [-0.1, -0.05) is 0 Å². The Labute approximate surface area is 140 Å². The van der Waals surface area contributed by atoms with E-state index >= 15 is 0 Å². The van der Waals surface area contributed by atoms with Gasteiger partial charge in [0.05, 0.1) is 12.3 Å². The van der Waals surface area contributed by atoms with E-state index in [9.17, 15) is 14.7 Å². The highest BCUT2D eigenvalue weighted by molar-refractivity contribution is 5.80. The molecule has 0 saturated carbocycles. The zero-order valence-electron chi connectivity index (χ0n) is 14.0. The van der Waals surface area contributed by atoms with Crippen molar-refractivity contribution in [2.24, 2.45) is 0 Å². The van der Waals surface area contributed by atoms with E-state index < -0.39 is 23.7 Å². The van der Waals surface area contributed by atoms with Crippen molar-refractivity contribution < 1.29 is 24.2 Å². The van der Waals surface area contributed by atoms with Crippen LogP contribution in [-0.2, 0) is 9.53 Å². The highest BCUT2D eigenvalue weighted by atomic mass is 16.6. The smallest absolute Gasteiger partial charge is 0.408 e. The van der Waals surface area contributed by atoms with E-state index in [1.54, 1.807) is 33.8 Å². The van der Waals surface area contributed by atoms with Gasteiger partial charge in [0.1, 0.15) is 18.0 Å². The lowest BCUT2D eigenvalue weighted by atomic mass is 10.1. The Hall–Kier alpha value is -2.95. The van der Waals surface area contributed by atoms with E-state index in [1.165, 1.54) is 6.07 Å². The molecule has 8 nitrogen and oxygen atoms in total. The molecule has 0 aliphatic carbocycles. The number of nitrogens with two attached hydrogens (primary N) is 1. The van der Waals surface area contributed by atoms with Gasteiger partial charge in [-0.25, -0.2) is 14.4 Å². The fourth-order valence-electron chi connectivity index (χ4n) is 1.73. The average molecular weight is 335 g/mol. The fourth-order valence-corrected chi connectivity index (χ4v) is 1.73. The second kappa shape index (κ2) is 7.55. The molecule has 0 spiro atoms. The number of carboxylic acid groups (broad SMARTS) is 1. The van der Waals surface area contributed by atoms with E-state index in [0.29, 0.717) is 11.3 Å². The first-order valence-corrected chi connectivity index (χ1v) is 7.16. The maximum absolute atomic E-state index is 11.7. The quantitative estimate of drug-likeness (QED) is 0.562. The number of anilines is 1.